The molecule has 104 valence electrons. The predicted octanol–water partition coefficient (Wildman–Crippen LogP) is 0.777. The van der Waals surface area contributed by atoms with Gasteiger partial charge in [-0.25, -0.2) is 4.98 Å². The average Bonchev–Trinajstić information content (AvgIpc) is 2.73. The van der Waals surface area contributed by atoms with E-state index in [1.807, 2.05) is 6.92 Å². The van der Waals surface area contributed by atoms with E-state index in [-0.39, 0.29) is 12.6 Å². The van der Waals surface area contributed by atoms with Crippen molar-refractivity contribution >= 4 is 11.9 Å². The smallest absolute Gasteiger partial charge is 0.313 e. The number of carbonyl (C=O) groups is 1. The number of nitrogens with one attached hydrogen (secondary N) is 1. The maximum atomic E-state index is 11.3. The van der Waals surface area contributed by atoms with Crippen LogP contribution in [0.3, 0.4) is 0 Å². The van der Waals surface area contributed by atoms with E-state index in [1.165, 1.54) is 0 Å². The minimum atomic E-state index is -0.981. The Morgan fingerprint density at radius 1 is 1.74 bits per heavy atom. The van der Waals surface area contributed by atoms with Gasteiger partial charge in [0, 0.05) is 12.3 Å². The fraction of sp³-hybridized carbons (Fsp3) is 0.583. The number of aliphatic carboxylic acids is 1. The molecule has 19 heavy (non-hydrogen) atoms. The quantitative estimate of drug-likeness (QED) is 0.814. The van der Waals surface area contributed by atoms with Crippen molar-refractivity contribution in [2.75, 3.05) is 25.1 Å². The van der Waals surface area contributed by atoms with E-state index in [0.717, 1.165) is 0 Å². The van der Waals surface area contributed by atoms with Crippen LogP contribution in [0.25, 0.3) is 0 Å². The normalized spacial score (nSPS) is 26.1. The number of aromatic nitrogens is 2. The standard InChI is InChI=1S/C12H17N3O4/c1-3-19-9-4-5-13-11(15-9)14-8-6-18-7-12(8,2)10(16)17/h4-5,8H,3,6-7H2,1-2H3,(H,16,17)(H,13,14,15). The molecule has 7 nitrogen and oxygen atoms in total. The first kappa shape index (κ1) is 13.5. The van der Waals surface area contributed by atoms with Crippen LogP contribution in [-0.2, 0) is 9.53 Å². The summed E-state index contributed by atoms with van der Waals surface area (Å²) in [6.07, 6.45) is 1.56. The largest absolute Gasteiger partial charge is 0.481 e. The number of carboxylic acids is 1. The van der Waals surface area contributed by atoms with Crippen molar-refractivity contribution in [3.8, 4) is 5.88 Å². The lowest BCUT2D eigenvalue weighted by molar-refractivity contribution is -0.148. The molecule has 2 N–H and O–H groups in total. The van der Waals surface area contributed by atoms with Gasteiger partial charge in [-0.15, -0.1) is 0 Å². The first-order valence-electron chi connectivity index (χ1n) is 6.10. The van der Waals surface area contributed by atoms with Crippen molar-refractivity contribution in [1.82, 2.24) is 9.97 Å². The molecular formula is C12H17N3O4. The van der Waals surface area contributed by atoms with Crippen LogP contribution in [-0.4, -0.2) is 46.9 Å². The van der Waals surface area contributed by atoms with E-state index in [2.05, 4.69) is 15.3 Å². The van der Waals surface area contributed by atoms with Crippen molar-refractivity contribution in [2.24, 2.45) is 5.41 Å². The second-order valence-corrected chi connectivity index (χ2v) is 4.59. The van der Waals surface area contributed by atoms with E-state index in [1.54, 1.807) is 19.2 Å². The van der Waals surface area contributed by atoms with Gasteiger partial charge < -0.3 is 19.9 Å². The Bertz CT molecular complexity index is 468. The molecule has 1 aromatic rings. The lowest BCUT2D eigenvalue weighted by Crippen LogP contribution is -2.43. The van der Waals surface area contributed by atoms with E-state index in [0.29, 0.717) is 25.0 Å². The van der Waals surface area contributed by atoms with Crippen LogP contribution in [0, 0.1) is 5.41 Å². The molecule has 1 fully saturated rings. The number of hydrogen-bond acceptors (Lipinski definition) is 6. The Kier molecular flexibility index (Phi) is 3.84. The second-order valence-electron chi connectivity index (χ2n) is 4.59. The fourth-order valence-corrected chi connectivity index (χ4v) is 1.88. The summed E-state index contributed by atoms with van der Waals surface area (Å²) in [7, 11) is 0. The molecule has 0 spiro atoms. The van der Waals surface area contributed by atoms with Gasteiger partial charge in [0.2, 0.25) is 11.8 Å². The van der Waals surface area contributed by atoms with E-state index in [4.69, 9.17) is 9.47 Å². The Balaban J connectivity index is 2.12. The molecule has 2 atom stereocenters. The average molecular weight is 267 g/mol. The summed E-state index contributed by atoms with van der Waals surface area (Å²) in [5.74, 6) is -0.103. The highest BCUT2D eigenvalue weighted by atomic mass is 16.5. The van der Waals surface area contributed by atoms with Gasteiger partial charge in [0.1, 0.15) is 5.41 Å². The van der Waals surface area contributed by atoms with Gasteiger partial charge in [0.15, 0.2) is 0 Å². The first-order valence-corrected chi connectivity index (χ1v) is 6.10. The monoisotopic (exact) mass is 267 g/mol. The molecule has 0 aromatic carbocycles. The van der Waals surface area contributed by atoms with Gasteiger partial charge in [-0.05, 0) is 13.8 Å². The third-order valence-corrected chi connectivity index (χ3v) is 3.17. The Hall–Kier alpha value is -1.89. The third kappa shape index (κ3) is 2.76. The number of carboxylic acid groups (broad SMARTS) is 1. The van der Waals surface area contributed by atoms with Gasteiger partial charge in [-0.3, -0.25) is 4.79 Å². The summed E-state index contributed by atoms with van der Waals surface area (Å²) >= 11 is 0. The van der Waals surface area contributed by atoms with Crippen molar-refractivity contribution in [3.63, 3.8) is 0 Å². The molecule has 0 radical (unpaired) electrons. The molecule has 0 saturated carbocycles. The van der Waals surface area contributed by atoms with Crippen molar-refractivity contribution in [3.05, 3.63) is 12.3 Å². The predicted molar refractivity (Wildman–Crippen MR) is 67.2 cm³/mol. The van der Waals surface area contributed by atoms with Crippen molar-refractivity contribution in [2.45, 2.75) is 19.9 Å². The Morgan fingerprint density at radius 3 is 3.21 bits per heavy atom. The van der Waals surface area contributed by atoms with Crippen LogP contribution in [0.2, 0.25) is 0 Å². The third-order valence-electron chi connectivity index (χ3n) is 3.17. The number of hydrogen-bond donors (Lipinski definition) is 2. The molecule has 1 saturated heterocycles. The highest BCUT2D eigenvalue weighted by Crippen LogP contribution is 2.30. The van der Waals surface area contributed by atoms with Crippen LogP contribution in [0.15, 0.2) is 12.3 Å². The summed E-state index contributed by atoms with van der Waals surface area (Å²) in [6, 6.07) is 1.28. The molecule has 1 aliphatic rings. The summed E-state index contributed by atoms with van der Waals surface area (Å²) in [5, 5.41) is 12.3. The molecule has 0 aliphatic carbocycles. The van der Waals surface area contributed by atoms with Crippen LogP contribution >= 0.6 is 0 Å². The number of anilines is 1. The zero-order valence-electron chi connectivity index (χ0n) is 10.9. The van der Waals surface area contributed by atoms with Gasteiger partial charge >= 0.3 is 5.97 Å². The van der Waals surface area contributed by atoms with Crippen LogP contribution in [0.5, 0.6) is 5.88 Å². The summed E-state index contributed by atoms with van der Waals surface area (Å²) < 4.78 is 10.5. The first-order chi connectivity index (χ1) is 9.06. The Morgan fingerprint density at radius 2 is 2.53 bits per heavy atom. The van der Waals surface area contributed by atoms with Crippen LogP contribution < -0.4 is 10.1 Å². The molecule has 1 aromatic heterocycles. The zero-order valence-corrected chi connectivity index (χ0v) is 10.9. The number of ether oxygens (including phenoxy) is 2. The second kappa shape index (κ2) is 5.40. The lowest BCUT2D eigenvalue weighted by atomic mass is 9.85. The molecule has 0 bridgehead atoms. The molecule has 2 rings (SSSR count). The molecule has 0 amide bonds. The van der Waals surface area contributed by atoms with Crippen molar-refractivity contribution < 1.29 is 19.4 Å². The summed E-state index contributed by atoms with van der Waals surface area (Å²) in [4.78, 5) is 19.5. The molecule has 2 heterocycles. The minimum absolute atomic E-state index is 0.172. The van der Waals surface area contributed by atoms with Gasteiger partial charge in [0.05, 0.1) is 25.9 Å². The summed E-state index contributed by atoms with van der Waals surface area (Å²) in [6.45, 7) is 4.50. The SMILES string of the molecule is CCOc1ccnc(NC2COCC2(C)C(=O)O)n1. The Labute approximate surface area is 111 Å². The van der Waals surface area contributed by atoms with E-state index >= 15 is 0 Å². The topological polar surface area (TPSA) is 93.6 Å². The highest BCUT2D eigenvalue weighted by Gasteiger charge is 2.47. The molecule has 2 unspecified atom stereocenters. The molecule has 1 aliphatic heterocycles. The molecular weight excluding hydrogens is 250 g/mol. The van der Waals surface area contributed by atoms with E-state index in [9.17, 15) is 9.90 Å². The summed E-state index contributed by atoms with van der Waals surface area (Å²) in [5.41, 5.74) is -0.981. The lowest BCUT2D eigenvalue weighted by Gasteiger charge is -2.25. The number of rotatable bonds is 5. The van der Waals surface area contributed by atoms with E-state index < -0.39 is 11.4 Å². The maximum Gasteiger partial charge on any atom is 0.313 e. The minimum Gasteiger partial charge on any atom is -0.481 e. The zero-order chi connectivity index (χ0) is 13.9. The van der Waals surface area contributed by atoms with Gasteiger partial charge in [0.25, 0.3) is 0 Å². The highest BCUT2D eigenvalue weighted by molar-refractivity contribution is 5.76. The number of nitrogens with zero attached hydrogens (tertiary/aromatic N) is 2. The fourth-order valence-electron chi connectivity index (χ4n) is 1.88. The molecule has 7 heteroatoms. The van der Waals surface area contributed by atoms with Gasteiger partial charge in [-0.1, -0.05) is 0 Å². The van der Waals surface area contributed by atoms with Crippen LogP contribution in [0.1, 0.15) is 13.8 Å². The maximum absolute atomic E-state index is 11.3. The van der Waals surface area contributed by atoms with Crippen LogP contribution in [0.4, 0.5) is 5.95 Å². The van der Waals surface area contributed by atoms with Gasteiger partial charge in [-0.2, -0.15) is 4.98 Å². The van der Waals surface area contributed by atoms with Crippen molar-refractivity contribution in [1.29, 1.82) is 0 Å².